The molecule has 0 bridgehead atoms. The van der Waals surface area contributed by atoms with E-state index in [0.29, 0.717) is 5.03 Å². The van der Waals surface area contributed by atoms with Crippen LogP contribution in [0.15, 0.2) is 23.4 Å². The summed E-state index contributed by atoms with van der Waals surface area (Å²) in [6.07, 6.45) is 3.46. The Kier molecular flexibility index (Phi) is 6.35. The highest BCUT2D eigenvalue weighted by molar-refractivity contribution is 8.00. The van der Waals surface area contributed by atoms with Crippen LogP contribution in [0.5, 0.6) is 0 Å². The van der Waals surface area contributed by atoms with Gasteiger partial charge in [0.1, 0.15) is 5.03 Å². The molecule has 19 heavy (non-hydrogen) atoms. The molecule has 104 valence electrons. The van der Waals surface area contributed by atoms with Gasteiger partial charge in [-0.15, -0.1) is 0 Å². The van der Waals surface area contributed by atoms with Gasteiger partial charge in [0.2, 0.25) is 5.91 Å². The van der Waals surface area contributed by atoms with Crippen molar-refractivity contribution in [3.8, 4) is 0 Å². The molecule has 0 fully saturated rings. The summed E-state index contributed by atoms with van der Waals surface area (Å²) in [5, 5.41) is 12.2. The molecule has 0 aromatic carbocycles. The highest BCUT2D eigenvalue weighted by Gasteiger charge is 2.13. The minimum atomic E-state index is -1.03. The fourth-order valence-electron chi connectivity index (χ4n) is 1.62. The number of carbonyl (C=O) groups is 2. The van der Waals surface area contributed by atoms with Crippen molar-refractivity contribution >= 4 is 23.6 Å². The lowest BCUT2D eigenvalue weighted by atomic mass is 10.2. The topological polar surface area (TPSA) is 79.3 Å². The van der Waals surface area contributed by atoms with Crippen LogP contribution in [0.1, 0.15) is 37.0 Å². The molecule has 1 unspecified atom stereocenters. The van der Waals surface area contributed by atoms with Crippen molar-refractivity contribution < 1.29 is 14.7 Å². The Balaban J connectivity index is 2.53. The Hall–Kier alpha value is -1.56. The Bertz CT molecular complexity index is 451. The van der Waals surface area contributed by atoms with Crippen LogP contribution in [0.2, 0.25) is 0 Å². The van der Waals surface area contributed by atoms with Crippen LogP contribution in [-0.2, 0) is 4.79 Å². The van der Waals surface area contributed by atoms with Crippen LogP contribution in [0, 0.1) is 0 Å². The van der Waals surface area contributed by atoms with Crippen molar-refractivity contribution in [2.45, 2.75) is 37.8 Å². The number of carboxylic acids is 1. The largest absolute Gasteiger partial charge is 0.478 e. The molecule has 0 aliphatic carbocycles. The number of pyridine rings is 1. The predicted molar refractivity (Wildman–Crippen MR) is 74.4 cm³/mol. The highest BCUT2D eigenvalue weighted by Crippen LogP contribution is 2.19. The Morgan fingerprint density at radius 2 is 2.26 bits per heavy atom. The third kappa shape index (κ3) is 5.30. The van der Waals surface area contributed by atoms with Gasteiger partial charge < -0.3 is 10.4 Å². The SMILES string of the molecule is CCCC(C)NC(=O)CSc1ncccc1C(=O)O. The van der Waals surface area contributed by atoms with Crippen LogP contribution < -0.4 is 5.32 Å². The van der Waals surface area contributed by atoms with Crippen molar-refractivity contribution in [2.75, 3.05) is 5.75 Å². The number of rotatable bonds is 7. The van der Waals surface area contributed by atoms with Crippen molar-refractivity contribution in [3.63, 3.8) is 0 Å². The summed E-state index contributed by atoms with van der Waals surface area (Å²) in [6, 6.07) is 3.19. The number of carboxylic acid groups (broad SMARTS) is 1. The van der Waals surface area contributed by atoms with Gasteiger partial charge >= 0.3 is 5.97 Å². The molecule has 2 N–H and O–H groups in total. The van der Waals surface area contributed by atoms with E-state index in [4.69, 9.17) is 5.11 Å². The van der Waals surface area contributed by atoms with Gasteiger partial charge in [0.05, 0.1) is 11.3 Å². The number of nitrogens with one attached hydrogen (secondary N) is 1. The van der Waals surface area contributed by atoms with Gasteiger partial charge in [0.25, 0.3) is 0 Å². The molecule has 1 aromatic rings. The first-order valence-corrected chi connectivity index (χ1v) is 7.13. The lowest BCUT2D eigenvalue weighted by Crippen LogP contribution is -2.33. The van der Waals surface area contributed by atoms with Gasteiger partial charge in [-0.2, -0.15) is 0 Å². The minimum absolute atomic E-state index is 0.104. The molecule has 6 heteroatoms. The Morgan fingerprint density at radius 1 is 1.53 bits per heavy atom. The van der Waals surface area contributed by atoms with E-state index in [1.54, 1.807) is 6.07 Å². The number of nitrogens with zero attached hydrogens (tertiary/aromatic N) is 1. The van der Waals surface area contributed by atoms with Crippen molar-refractivity contribution in [3.05, 3.63) is 23.9 Å². The quantitative estimate of drug-likeness (QED) is 0.749. The van der Waals surface area contributed by atoms with Gasteiger partial charge in [-0.25, -0.2) is 9.78 Å². The minimum Gasteiger partial charge on any atom is -0.478 e. The molecule has 0 saturated carbocycles. The number of amides is 1. The normalized spacial score (nSPS) is 11.9. The Morgan fingerprint density at radius 3 is 2.89 bits per heavy atom. The molecule has 1 heterocycles. The van der Waals surface area contributed by atoms with E-state index in [1.165, 1.54) is 12.3 Å². The van der Waals surface area contributed by atoms with Gasteiger partial charge in [-0.05, 0) is 25.5 Å². The highest BCUT2D eigenvalue weighted by atomic mass is 32.2. The zero-order valence-corrected chi connectivity index (χ0v) is 11.9. The molecule has 0 saturated heterocycles. The number of carbonyl (C=O) groups excluding carboxylic acids is 1. The van der Waals surface area contributed by atoms with E-state index in [-0.39, 0.29) is 23.3 Å². The number of thioether (sulfide) groups is 1. The van der Waals surface area contributed by atoms with Crippen molar-refractivity contribution in [1.29, 1.82) is 0 Å². The maximum absolute atomic E-state index is 11.7. The Labute approximate surface area is 116 Å². The fourth-order valence-corrected chi connectivity index (χ4v) is 2.42. The van der Waals surface area contributed by atoms with Gasteiger partial charge in [-0.1, -0.05) is 25.1 Å². The molecule has 1 atom stereocenters. The van der Waals surface area contributed by atoms with E-state index >= 15 is 0 Å². The maximum Gasteiger partial charge on any atom is 0.338 e. The second kappa shape index (κ2) is 7.78. The van der Waals surface area contributed by atoms with E-state index in [2.05, 4.69) is 17.2 Å². The molecule has 1 aromatic heterocycles. The second-order valence-corrected chi connectivity index (χ2v) is 5.17. The summed E-state index contributed by atoms with van der Waals surface area (Å²) in [5.41, 5.74) is 0.127. The number of hydrogen-bond donors (Lipinski definition) is 2. The molecule has 0 radical (unpaired) electrons. The zero-order valence-electron chi connectivity index (χ0n) is 11.0. The van der Waals surface area contributed by atoms with Gasteiger partial charge in [-0.3, -0.25) is 4.79 Å². The van der Waals surface area contributed by atoms with E-state index in [0.717, 1.165) is 24.6 Å². The first-order valence-electron chi connectivity index (χ1n) is 6.15. The summed E-state index contributed by atoms with van der Waals surface area (Å²) in [4.78, 5) is 26.6. The summed E-state index contributed by atoms with van der Waals surface area (Å²) >= 11 is 1.14. The predicted octanol–water partition coefficient (Wildman–Crippen LogP) is 2.18. The van der Waals surface area contributed by atoms with Crippen molar-refractivity contribution in [2.24, 2.45) is 0 Å². The van der Waals surface area contributed by atoms with E-state index in [1.807, 2.05) is 6.92 Å². The van der Waals surface area contributed by atoms with Gasteiger partial charge in [0, 0.05) is 12.2 Å². The average molecular weight is 282 g/mol. The first kappa shape index (κ1) is 15.5. The fraction of sp³-hybridized carbons (Fsp3) is 0.462. The molecule has 1 amide bonds. The van der Waals surface area contributed by atoms with Crippen LogP contribution in [0.25, 0.3) is 0 Å². The molecule has 5 nitrogen and oxygen atoms in total. The average Bonchev–Trinajstić information content (AvgIpc) is 2.36. The number of aromatic carboxylic acids is 1. The number of aromatic nitrogens is 1. The number of hydrogen-bond acceptors (Lipinski definition) is 4. The van der Waals surface area contributed by atoms with E-state index in [9.17, 15) is 9.59 Å². The second-order valence-electron chi connectivity index (χ2n) is 4.21. The van der Waals surface area contributed by atoms with Gasteiger partial charge in [0.15, 0.2) is 0 Å². The third-order valence-electron chi connectivity index (χ3n) is 2.47. The summed E-state index contributed by atoms with van der Waals surface area (Å²) < 4.78 is 0. The summed E-state index contributed by atoms with van der Waals surface area (Å²) in [7, 11) is 0. The lowest BCUT2D eigenvalue weighted by Gasteiger charge is -2.12. The van der Waals surface area contributed by atoms with E-state index < -0.39 is 5.97 Å². The van der Waals surface area contributed by atoms with Crippen molar-refractivity contribution in [1.82, 2.24) is 10.3 Å². The van der Waals surface area contributed by atoms with Crippen LogP contribution in [-0.4, -0.2) is 33.8 Å². The maximum atomic E-state index is 11.7. The molecule has 0 aliphatic rings. The zero-order chi connectivity index (χ0) is 14.3. The molecule has 1 rings (SSSR count). The standard InChI is InChI=1S/C13H18N2O3S/c1-3-5-9(2)15-11(16)8-19-12-10(13(17)18)6-4-7-14-12/h4,6-7,9H,3,5,8H2,1-2H3,(H,15,16)(H,17,18). The van der Waals surface area contributed by atoms with Crippen LogP contribution in [0.4, 0.5) is 0 Å². The molecule has 0 spiro atoms. The summed E-state index contributed by atoms with van der Waals surface area (Å²) in [6.45, 7) is 4.01. The van der Waals surface area contributed by atoms with Crippen LogP contribution >= 0.6 is 11.8 Å². The first-order chi connectivity index (χ1) is 9.04. The summed E-state index contributed by atoms with van der Waals surface area (Å²) in [5.74, 6) is -0.964. The smallest absolute Gasteiger partial charge is 0.338 e. The monoisotopic (exact) mass is 282 g/mol. The molecular weight excluding hydrogens is 264 g/mol. The lowest BCUT2D eigenvalue weighted by molar-refractivity contribution is -0.119. The molecule has 0 aliphatic heterocycles. The molecular formula is C13H18N2O3S. The van der Waals surface area contributed by atoms with Crippen LogP contribution in [0.3, 0.4) is 0 Å². The third-order valence-corrected chi connectivity index (χ3v) is 3.48.